The Bertz CT molecular complexity index is 598. The van der Waals surface area contributed by atoms with E-state index in [0.717, 1.165) is 16.9 Å². The molecule has 22 heavy (non-hydrogen) atoms. The lowest BCUT2D eigenvalue weighted by Gasteiger charge is -2.37. The number of esters is 1. The van der Waals surface area contributed by atoms with Crippen molar-refractivity contribution in [2.45, 2.75) is 31.7 Å². The second-order valence-electron chi connectivity index (χ2n) is 5.36. The van der Waals surface area contributed by atoms with Gasteiger partial charge in [0, 0.05) is 24.5 Å². The first kappa shape index (κ1) is 16.1. The fourth-order valence-electron chi connectivity index (χ4n) is 3.09. The molecule has 0 aliphatic heterocycles. The van der Waals surface area contributed by atoms with Gasteiger partial charge in [0.2, 0.25) is 5.91 Å². The van der Waals surface area contributed by atoms with Gasteiger partial charge in [-0.15, -0.1) is 0 Å². The Morgan fingerprint density at radius 3 is 2.18 bits per heavy atom. The van der Waals surface area contributed by atoms with E-state index in [1.54, 1.807) is 20.3 Å². The van der Waals surface area contributed by atoms with E-state index in [4.69, 9.17) is 14.2 Å². The monoisotopic (exact) mass is 307 g/mol. The molecular formula is C16H21NO5. The number of hydrogen-bond donors (Lipinski definition) is 1. The van der Waals surface area contributed by atoms with Crippen molar-refractivity contribution < 1.29 is 23.8 Å². The number of rotatable bonds is 4. The molecule has 0 radical (unpaired) electrons. The predicted molar refractivity (Wildman–Crippen MR) is 80.1 cm³/mol. The van der Waals surface area contributed by atoms with Crippen LogP contribution in [-0.4, -0.2) is 38.7 Å². The van der Waals surface area contributed by atoms with Gasteiger partial charge in [-0.1, -0.05) is 0 Å². The van der Waals surface area contributed by atoms with Crippen LogP contribution in [-0.2, 0) is 27.2 Å². The van der Waals surface area contributed by atoms with Crippen LogP contribution in [0, 0.1) is 0 Å². The van der Waals surface area contributed by atoms with E-state index in [1.165, 1.54) is 14.0 Å². The molecular weight excluding hydrogens is 286 g/mol. The fourth-order valence-corrected chi connectivity index (χ4v) is 3.09. The maximum Gasteiger partial charge on any atom is 0.331 e. The number of hydrogen-bond acceptors (Lipinski definition) is 5. The van der Waals surface area contributed by atoms with E-state index in [9.17, 15) is 9.59 Å². The van der Waals surface area contributed by atoms with Gasteiger partial charge in [-0.25, -0.2) is 4.79 Å². The second-order valence-corrected chi connectivity index (χ2v) is 5.36. The van der Waals surface area contributed by atoms with E-state index in [1.807, 2.05) is 6.07 Å². The van der Waals surface area contributed by atoms with Gasteiger partial charge in [0.1, 0.15) is 17.0 Å². The molecule has 2 rings (SSSR count). The van der Waals surface area contributed by atoms with Crippen molar-refractivity contribution >= 4 is 11.9 Å². The van der Waals surface area contributed by atoms with Crippen molar-refractivity contribution in [3.8, 4) is 11.5 Å². The molecule has 120 valence electrons. The Labute approximate surface area is 129 Å². The summed E-state index contributed by atoms with van der Waals surface area (Å²) in [7, 11) is 4.51. The summed E-state index contributed by atoms with van der Waals surface area (Å²) >= 11 is 0. The van der Waals surface area contributed by atoms with E-state index < -0.39 is 11.5 Å². The molecule has 0 fully saturated rings. The van der Waals surface area contributed by atoms with Crippen LogP contribution in [0.3, 0.4) is 0 Å². The minimum absolute atomic E-state index is 0.268. The first-order chi connectivity index (χ1) is 10.5. The molecule has 1 N–H and O–H groups in total. The molecule has 0 saturated heterocycles. The standard InChI is InChI=1S/C16H21NO5/c1-10(18)17-16(15(19)22-4)8-7-11-12(9-16)14(21-3)6-5-13(11)20-2/h5-6H,7-9H2,1-4H3,(H,17,18)/t16-/m0/s1. The number of fused-ring (bicyclic) bond motifs is 1. The molecule has 0 spiro atoms. The molecule has 1 aromatic rings. The third kappa shape index (κ3) is 2.73. The zero-order valence-electron chi connectivity index (χ0n) is 13.3. The number of carbonyl (C=O) groups excluding carboxylic acids is 2. The van der Waals surface area contributed by atoms with Crippen LogP contribution < -0.4 is 14.8 Å². The lowest BCUT2D eigenvalue weighted by atomic mass is 9.77. The van der Waals surface area contributed by atoms with Crippen LogP contribution in [0.15, 0.2) is 12.1 Å². The summed E-state index contributed by atoms with van der Waals surface area (Å²) in [5, 5.41) is 2.77. The van der Waals surface area contributed by atoms with Crippen molar-refractivity contribution in [1.29, 1.82) is 0 Å². The van der Waals surface area contributed by atoms with Crippen molar-refractivity contribution in [2.24, 2.45) is 0 Å². The number of methoxy groups -OCH3 is 3. The van der Waals surface area contributed by atoms with Gasteiger partial charge in [0.15, 0.2) is 0 Å². The van der Waals surface area contributed by atoms with Crippen LogP contribution in [0.4, 0.5) is 0 Å². The fraction of sp³-hybridized carbons (Fsp3) is 0.500. The summed E-state index contributed by atoms with van der Waals surface area (Å²) < 4.78 is 15.7. The summed E-state index contributed by atoms with van der Waals surface area (Å²) in [6, 6.07) is 3.65. The molecule has 1 atom stereocenters. The van der Waals surface area contributed by atoms with Gasteiger partial charge in [-0.2, -0.15) is 0 Å². The first-order valence-corrected chi connectivity index (χ1v) is 7.07. The molecule has 0 saturated carbocycles. The van der Waals surface area contributed by atoms with E-state index in [-0.39, 0.29) is 5.91 Å². The molecule has 1 aliphatic rings. The van der Waals surface area contributed by atoms with E-state index >= 15 is 0 Å². The molecule has 0 bridgehead atoms. The van der Waals surface area contributed by atoms with Crippen LogP contribution in [0.5, 0.6) is 11.5 Å². The highest BCUT2D eigenvalue weighted by Gasteiger charge is 2.44. The van der Waals surface area contributed by atoms with Gasteiger partial charge in [0.25, 0.3) is 0 Å². The topological polar surface area (TPSA) is 73.9 Å². The van der Waals surface area contributed by atoms with Crippen molar-refractivity contribution in [3.63, 3.8) is 0 Å². The van der Waals surface area contributed by atoms with Gasteiger partial charge in [-0.05, 0) is 25.0 Å². The maximum absolute atomic E-state index is 12.3. The number of nitrogens with one attached hydrogen (secondary N) is 1. The molecule has 1 aromatic carbocycles. The zero-order valence-corrected chi connectivity index (χ0v) is 13.3. The van der Waals surface area contributed by atoms with Gasteiger partial charge < -0.3 is 19.5 Å². The van der Waals surface area contributed by atoms with Crippen LogP contribution in [0.1, 0.15) is 24.5 Å². The normalized spacial score (nSPS) is 19.8. The lowest BCUT2D eigenvalue weighted by molar-refractivity contribution is -0.151. The van der Waals surface area contributed by atoms with Gasteiger partial charge in [-0.3, -0.25) is 4.79 Å². The molecule has 1 amide bonds. The second kappa shape index (κ2) is 6.25. The Hall–Kier alpha value is -2.24. The highest BCUT2D eigenvalue weighted by molar-refractivity contribution is 5.88. The molecule has 6 nitrogen and oxygen atoms in total. The summed E-state index contributed by atoms with van der Waals surface area (Å²) in [6.07, 6.45) is 1.36. The van der Waals surface area contributed by atoms with Crippen molar-refractivity contribution in [1.82, 2.24) is 5.32 Å². The van der Waals surface area contributed by atoms with Crippen molar-refractivity contribution in [3.05, 3.63) is 23.3 Å². The average molecular weight is 307 g/mol. The molecule has 6 heteroatoms. The maximum atomic E-state index is 12.3. The zero-order chi connectivity index (χ0) is 16.3. The third-order valence-electron chi connectivity index (χ3n) is 4.06. The van der Waals surface area contributed by atoms with Crippen molar-refractivity contribution in [2.75, 3.05) is 21.3 Å². The summed E-state index contributed by atoms with van der Waals surface area (Å²) in [6.45, 7) is 1.39. The minimum atomic E-state index is -1.06. The lowest BCUT2D eigenvalue weighted by Crippen LogP contribution is -2.57. The quantitative estimate of drug-likeness (QED) is 0.847. The van der Waals surface area contributed by atoms with E-state index in [0.29, 0.717) is 25.0 Å². The number of amides is 1. The van der Waals surface area contributed by atoms with Crippen LogP contribution in [0.25, 0.3) is 0 Å². The largest absolute Gasteiger partial charge is 0.496 e. The van der Waals surface area contributed by atoms with Gasteiger partial charge in [0.05, 0.1) is 21.3 Å². The number of ether oxygens (including phenoxy) is 3. The SMILES string of the molecule is COC(=O)[C@]1(NC(C)=O)CCc2c(OC)ccc(OC)c2C1. The summed E-state index contributed by atoms with van der Waals surface area (Å²) in [5.74, 6) is 0.722. The Morgan fingerprint density at radius 1 is 1.09 bits per heavy atom. The Kier molecular flexibility index (Phi) is 4.59. The molecule has 0 aromatic heterocycles. The first-order valence-electron chi connectivity index (χ1n) is 7.07. The highest BCUT2D eigenvalue weighted by Crippen LogP contribution is 2.39. The minimum Gasteiger partial charge on any atom is -0.496 e. The van der Waals surface area contributed by atoms with E-state index in [2.05, 4.69) is 5.32 Å². The smallest absolute Gasteiger partial charge is 0.331 e. The third-order valence-corrected chi connectivity index (χ3v) is 4.06. The van der Waals surface area contributed by atoms with Gasteiger partial charge >= 0.3 is 5.97 Å². The molecule has 1 aliphatic carbocycles. The van der Waals surface area contributed by atoms with Crippen LogP contribution >= 0.6 is 0 Å². The summed E-state index contributed by atoms with van der Waals surface area (Å²) in [4.78, 5) is 23.8. The average Bonchev–Trinajstić information content (AvgIpc) is 2.52. The highest BCUT2D eigenvalue weighted by atomic mass is 16.5. The number of carbonyl (C=O) groups is 2. The Balaban J connectivity index is 2.51. The number of benzene rings is 1. The summed E-state index contributed by atoms with van der Waals surface area (Å²) in [5.41, 5.74) is 0.812. The molecule has 0 unspecified atom stereocenters. The van der Waals surface area contributed by atoms with Crippen LogP contribution in [0.2, 0.25) is 0 Å². The molecule has 0 heterocycles. The predicted octanol–water partition coefficient (Wildman–Crippen LogP) is 1.24. The Morgan fingerprint density at radius 2 is 1.68 bits per heavy atom.